The van der Waals surface area contributed by atoms with E-state index < -0.39 is 9.52 Å². The van der Waals surface area contributed by atoms with Crippen LogP contribution in [0.1, 0.15) is 26.7 Å². The van der Waals surface area contributed by atoms with Crippen molar-refractivity contribution in [2.75, 3.05) is 20.8 Å². The van der Waals surface area contributed by atoms with Crippen molar-refractivity contribution in [2.45, 2.75) is 38.3 Å². The minimum absolute atomic E-state index is 0.00167. The Kier molecular flexibility index (Phi) is 8.75. The predicted molar refractivity (Wildman–Crippen MR) is 56.7 cm³/mol. The molecule has 0 aromatic carbocycles. The van der Waals surface area contributed by atoms with Crippen LogP contribution in [0, 0.1) is 0 Å². The molecule has 0 aliphatic carbocycles. The van der Waals surface area contributed by atoms with Crippen LogP contribution >= 0.6 is 0 Å². The summed E-state index contributed by atoms with van der Waals surface area (Å²) < 4.78 is 16.0. The molecule has 80 valence electrons. The van der Waals surface area contributed by atoms with Gasteiger partial charge in [-0.2, -0.15) is 0 Å². The second-order valence-electron chi connectivity index (χ2n) is 3.04. The van der Waals surface area contributed by atoms with Crippen LogP contribution in [0.5, 0.6) is 0 Å². The Balaban J connectivity index is 3.67. The zero-order valence-electron chi connectivity index (χ0n) is 9.21. The van der Waals surface area contributed by atoms with Gasteiger partial charge < -0.3 is 14.2 Å². The van der Waals surface area contributed by atoms with E-state index >= 15 is 0 Å². The summed E-state index contributed by atoms with van der Waals surface area (Å²) in [7, 11) is 2.93. The third kappa shape index (κ3) is 6.21. The molecule has 0 radical (unpaired) electrons. The first-order chi connectivity index (χ1) is 6.28. The Hall–Kier alpha value is 0.0969. The first-order valence-electron chi connectivity index (χ1n) is 4.95. The Morgan fingerprint density at radius 3 is 2.15 bits per heavy atom. The Morgan fingerprint density at radius 2 is 1.77 bits per heavy atom. The molecule has 1 atom stereocenters. The van der Waals surface area contributed by atoms with E-state index in [0.717, 1.165) is 19.4 Å². The standard InChI is InChI=1S/C9H22O3Si/c1-5-7-12-8(6-2)13-9(10-3)11-4/h8-9H,5-7,13H2,1-4H3. The third-order valence-electron chi connectivity index (χ3n) is 1.99. The van der Waals surface area contributed by atoms with Crippen molar-refractivity contribution in [1.82, 2.24) is 0 Å². The molecule has 3 nitrogen and oxygen atoms in total. The van der Waals surface area contributed by atoms with E-state index in [2.05, 4.69) is 13.8 Å². The highest BCUT2D eigenvalue weighted by molar-refractivity contribution is 6.38. The van der Waals surface area contributed by atoms with E-state index in [4.69, 9.17) is 14.2 Å². The molecule has 0 aliphatic heterocycles. The van der Waals surface area contributed by atoms with Gasteiger partial charge in [-0.25, -0.2) is 0 Å². The van der Waals surface area contributed by atoms with Crippen molar-refractivity contribution in [3.8, 4) is 0 Å². The molecule has 4 heteroatoms. The summed E-state index contributed by atoms with van der Waals surface area (Å²) in [6.07, 6.45) is 2.14. The van der Waals surface area contributed by atoms with Crippen LogP contribution in [-0.2, 0) is 14.2 Å². The second-order valence-corrected chi connectivity index (χ2v) is 5.09. The highest BCUT2D eigenvalue weighted by atomic mass is 28.2. The molecule has 0 amide bonds. The smallest absolute Gasteiger partial charge is 0.137 e. The summed E-state index contributed by atoms with van der Waals surface area (Å²) in [5.74, 6) is 0.00167. The van der Waals surface area contributed by atoms with Gasteiger partial charge in [0.05, 0.1) is 0 Å². The molecule has 0 N–H and O–H groups in total. The largest absolute Gasteiger partial charge is 0.382 e. The van der Waals surface area contributed by atoms with Crippen LogP contribution in [0.15, 0.2) is 0 Å². The van der Waals surface area contributed by atoms with E-state index in [-0.39, 0.29) is 5.91 Å². The molecule has 0 spiro atoms. The van der Waals surface area contributed by atoms with Gasteiger partial charge in [0.1, 0.15) is 15.4 Å². The van der Waals surface area contributed by atoms with Crippen LogP contribution < -0.4 is 0 Å². The van der Waals surface area contributed by atoms with E-state index in [1.165, 1.54) is 0 Å². The average Bonchev–Trinajstić information content (AvgIpc) is 2.19. The SMILES string of the molecule is CCCOC(CC)[SiH2]C(OC)OC. The summed E-state index contributed by atoms with van der Waals surface area (Å²) >= 11 is 0. The van der Waals surface area contributed by atoms with Gasteiger partial charge in [0.25, 0.3) is 0 Å². The zero-order chi connectivity index (χ0) is 10.1. The van der Waals surface area contributed by atoms with Gasteiger partial charge in [0, 0.05) is 26.6 Å². The number of hydrogen-bond donors (Lipinski definition) is 0. The van der Waals surface area contributed by atoms with Crippen molar-refractivity contribution in [1.29, 1.82) is 0 Å². The van der Waals surface area contributed by atoms with Crippen LogP contribution in [0.3, 0.4) is 0 Å². The van der Waals surface area contributed by atoms with Crippen molar-refractivity contribution < 1.29 is 14.2 Å². The third-order valence-corrected chi connectivity index (χ3v) is 4.38. The molecule has 0 fully saturated rings. The summed E-state index contributed by atoms with van der Waals surface area (Å²) in [6, 6.07) is 0. The average molecular weight is 206 g/mol. The molecule has 13 heavy (non-hydrogen) atoms. The zero-order valence-corrected chi connectivity index (χ0v) is 10.6. The topological polar surface area (TPSA) is 27.7 Å². The summed E-state index contributed by atoms with van der Waals surface area (Å²) in [4.78, 5) is 0. The van der Waals surface area contributed by atoms with Crippen molar-refractivity contribution in [3.63, 3.8) is 0 Å². The lowest BCUT2D eigenvalue weighted by atomic mass is 10.5. The monoisotopic (exact) mass is 206 g/mol. The van der Waals surface area contributed by atoms with E-state index in [1.807, 2.05) is 0 Å². The fraction of sp³-hybridized carbons (Fsp3) is 1.00. The molecule has 0 rings (SSSR count). The number of hydrogen-bond acceptors (Lipinski definition) is 3. The van der Waals surface area contributed by atoms with Gasteiger partial charge in [0.2, 0.25) is 0 Å². The maximum absolute atomic E-state index is 5.68. The Bertz CT molecular complexity index is 107. The van der Waals surface area contributed by atoms with Gasteiger partial charge >= 0.3 is 0 Å². The molecular weight excluding hydrogens is 184 g/mol. The first kappa shape index (κ1) is 13.1. The van der Waals surface area contributed by atoms with Gasteiger partial charge in [0.15, 0.2) is 0 Å². The lowest BCUT2D eigenvalue weighted by Crippen LogP contribution is -2.33. The fourth-order valence-electron chi connectivity index (χ4n) is 1.14. The Morgan fingerprint density at radius 1 is 1.15 bits per heavy atom. The second kappa shape index (κ2) is 8.68. The van der Waals surface area contributed by atoms with Crippen molar-refractivity contribution >= 4 is 9.52 Å². The molecule has 0 aromatic heterocycles. The maximum atomic E-state index is 5.68. The minimum atomic E-state index is -0.448. The number of rotatable bonds is 8. The number of ether oxygens (including phenoxy) is 3. The molecule has 0 aromatic rings. The molecule has 0 aliphatic rings. The van der Waals surface area contributed by atoms with Crippen LogP contribution in [0.2, 0.25) is 0 Å². The Labute approximate surface area is 83.6 Å². The predicted octanol–water partition coefficient (Wildman–Crippen LogP) is 0.894. The normalized spacial score (nSPS) is 14.5. The fourth-order valence-corrected chi connectivity index (χ4v) is 2.59. The molecule has 0 heterocycles. The first-order valence-corrected chi connectivity index (χ1v) is 6.58. The van der Waals surface area contributed by atoms with Crippen LogP contribution in [0.4, 0.5) is 0 Å². The number of methoxy groups -OCH3 is 2. The van der Waals surface area contributed by atoms with Gasteiger partial charge in [-0.3, -0.25) is 0 Å². The van der Waals surface area contributed by atoms with Gasteiger partial charge in [-0.1, -0.05) is 13.8 Å². The lowest BCUT2D eigenvalue weighted by Gasteiger charge is -2.20. The highest BCUT2D eigenvalue weighted by Crippen LogP contribution is 2.01. The summed E-state index contributed by atoms with van der Waals surface area (Å²) in [5, 5.41) is 0. The molecule has 1 unspecified atom stereocenters. The molecule has 0 saturated carbocycles. The highest BCUT2D eigenvalue weighted by Gasteiger charge is 2.15. The van der Waals surface area contributed by atoms with Crippen molar-refractivity contribution in [3.05, 3.63) is 0 Å². The quantitative estimate of drug-likeness (QED) is 0.436. The van der Waals surface area contributed by atoms with E-state index in [9.17, 15) is 0 Å². The lowest BCUT2D eigenvalue weighted by molar-refractivity contribution is -0.0495. The van der Waals surface area contributed by atoms with Crippen LogP contribution in [0.25, 0.3) is 0 Å². The molecule has 0 bridgehead atoms. The maximum Gasteiger partial charge on any atom is 0.137 e. The summed E-state index contributed by atoms with van der Waals surface area (Å²) in [6.45, 7) is 5.12. The van der Waals surface area contributed by atoms with E-state index in [0.29, 0.717) is 5.73 Å². The van der Waals surface area contributed by atoms with Crippen LogP contribution in [-0.4, -0.2) is 42.0 Å². The van der Waals surface area contributed by atoms with Crippen molar-refractivity contribution in [2.24, 2.45) is 0 Å². The molecular formula is C9H22O3Si. The summed E-state index contributed by atoms with van der Waals surface area (Å²) in [5.41, 5.74) is 0.393. The molecule has 0 saturated heterocycles. The van der Waals surface area contributed by atoms with Gasteiger partial charge in [-0.05, 0) is 12.8 Å². The van der Waals surface area contributed by atoms with E-state index in [1.54, 1.807) is 14.2 Å². The van der Waals surface area contributed by atoms with Gasteiger partial charge in [-0.15, -0.1) is 0 Å². The minimum Gasteiger partial charge on any atom is -0.382 e.